The standard InChI is InChI=1S/C21H39NSi2/c1-17(2)18-14-13-15-19(16-18)22(23(9,10)20(3,4)5)24(11,12)21(6,7)8/h13-16H,1H2,2-12H3. The molecule has 0 aliphatic carbocycles. The molecule has 3 heteroatoms. The molecule has 0 spiro atoms. The lowest BCUT2D eigenvalue weighted by molar-refractivity contribution is 0.695. The highest BCUT2D eigenvalue weighted by molar-refractivity contribution is 7.02. The average Bonchev–Trinajstić information content (AvgIpc) is 2.35. The predicted octanol–water partition coefficient (Wildman–Crippen LogP) is 7.54. The summed E-state index contributed by atoms with van der Waals surface area (Å²) in [5.41, 5.74) is 3.80. The molecule has 1 aromatic carbocycles. The fraction of sp³-hybridized carbons (Fsp3) is 0.619. The summed E-state index contributed by atoms with van der Waals surface area (Å²) >= 11 is 0. The highest BCUT2D eigenvalue weighted by Gasteiger charge is 2.51. The molecule has 0 atom stereocenters. The highest BCUT2D eigenvalue weighted by Crippen LogP contribution is 2.49. The highest BCUT2D eigenvalue weighted by atomic mass is 28.4. The van der Waals surface area contributed by atoms with E-state index in [1.165, 1.54) is 11.3 Å². The Kier molecular flexibility index (Phi) is 5.74. The molecule has 1 nitrogen and oxygen atoms in total. The average molecular weight is 362 g/mol. The molecule has 0 aliphatic heterocycles. The summed E-state index contributed by atoms with van der Waals surface area (Å²) in [5, 5.41) is 0.615. The number of nitrogens with zero attached hydrogens (tertiary/aromatic N) is 1. The number of rotatable bonds is 4. The summed E-state index contributed by atoms with van der Waals surface area (Å²) in [6, 6.07) is 9.06. The Morgan fingerprint density at radius 1 is 0.875 bits per heavy atom. The zero-order valence-corrected chi connectivity index (χ0v) is 20.0. The first-order valence-electron chi connectivity index (χ1n) is 9.10. The van der Waals surface area contributed by atoms with E-state index >= 15 is 0 Å². The van der Waals surface area contributed by atoms with Gasteiger partial charge in [0.25, 0.3) is 0 Å². The Bertz CT molecular complexity index is 575. The van der Waals surface area contributed by atoms with Crippen molar-refractivity contribution in [1.29, 1.82) is 0 Å². The van der Waals surface area contributed by atoms with Gasteiger partial charge < -0.3 is 4.23 Å². The minimum Gasteiger partial charge on any atom is -0.423 e. The van der Waals surface area contributed by atoms with E-state index < -0.39 is 16.5 Å². The van der Waals surface area contributed by atoms with Gasteiger partial charge in [-0.05, 0) is 34.7 Å². The number of hydrogen-bond donors (Lipinski definition) is 0. The molecule has 0 N–H and O–H groups in total. The van der Waals surface area contributed by atoms with Crippen molar-refractivity contribution in [1.82, 2.24) is 0 Å². The Balaban J connectivity index is 3.69. The van der Waals surface area contributed by atoms with E-state index in [2.05, 4.69) is 110 Å². The van der Waals surface area contributed by atoms with Gasteiger partial charge in [0.2, 0.25) is 0 Å². The molecular formula is C21H39NSi2. The van der Waals surface area contributed by atoms with Crippen LogP contribution in [0.4, 0.5) is 5.69 Å². The van der Waals surface area contributed by atoms with Crippen LogP contribution in [0, 0.1) is 0 Å². The minimum atomic E-state index is -1.71. The first-order chi connectivity index (χ1) is 10.5. The van der Waals surface area contributed by atoms with Crippen LogP contribution < -0.4 is 4.23 Å². The first-order valence-corrected chi connectivity index (χ1v) is 15.0. The van der Waals surface area contributed by atoms with Gasteiger partial charge in [-0.1, -0.05) is 92.0 Å². The van der Waals surface area contributed by atoms with Crippen molar-refractivity contribution in [2.45, 2.75) is 84.7 Å². The molecule has 0 radical (unpaired) electrons. The summed E-state index contributed by atoms with van der Waals surface area (Å²) in [5.74, 6) is 0. The van der Waals surface area contributed by atoms with Crippen LogP contribution in [0.25, 0.3) is 5.57 Å². The van der Waals surface area contributed by atoms with Gasteiger partial charge in [-0.3, -0.25) is 0 Å². The fourth-order valence-electron chi connectivity index (χ4n) is 2.93. The largest absolute Gasteiger partial charge is 0.423 e. The lowest BCUT2D eigenvalue weighted by Gasteiger charge is -2.58. The second kappa shape index (κ2) is 6.49. The molecule has 0 heterocycles. The van der Waals surface area contributed by atoms with Crippen LogP contribution in [-0.2, 0) is 0 Å². The summed E-state index contributed by atoms with van der Waals surface area (Å²) in [4.78, 5) is 0. The van der Waals surface area contributed by atoms with Crippen LogP contribution >= 0.6 is 0 Å². The van der Waals surface area contributed by atoms with Gasteiger partial charge in [-0.2, -0.15) is 0 Å². The second-order valence-corrected chi connectivity index (χ2v) is 20.9. The van der Waals surface area contributed by atoms with Crippen LogP contribution in [0.2, 0.25) is 36.3 Å². The maximum atomic E-state index is 4.15. The van der Waals surface area contributed by atoms with Gasteiger partial charge in [-0.15, -0.1) is 0 Å². The van der Waals surface area contributed by atoms with Crippen molar-refractivity contribution in [3.8, 4) is 0 Å². The molecule has 136 valence electrons. The van der Waals surface area contributed by atoms with Crippen LogP contribution in [0.15, 0.2) is 30.8 Å². The first kappa shape index (κ1) is 21.2. The summed E-state index contributed by atoms with van der Waals surface area (Å²) in [7, 11) is -3.43. The second-order valence-electron chi connectivity index (χ2n) is 10.3. The van der Waals surface area contributed by atoms with Crippen molar-refractivity contribution >= 4 is 27.7 Å². The molecule has 0 unspecified atom stereocenters. The van der Waals surface area contributed by atoms with Gasteiger partial charge in [0, 0.05) is 5.69 Å². The molecule has 0 saturated carbocycles. The molecule has 0 aliphatic rings. The third-order valence-corrected chi connectivity index (χ3v) is 19.8. The van der Waals surface area contributed by atoms with Gasteiger partial charge in [0.05, 0.1) is 0 Å². The lowest BCUT2D eigenvalue weighted by atomic mass is 10.1. The van der Waals surface area contributed by atoms with Gasteiger partial charge in [0.15, 0.2) is 0 Å². The Morgan fingerprint density at radius 2 is 1.29 bits per heavy atom. The summed E-state index contributed by atoms with van der Waals surface area (Å²) in [6.45, 7) is 30.9. The maximum Gasteiger partial charge on any atom is 0.147 e. The summed E-state index contributed by atoms with van der Waals surface area (Å²) < 4.78 is 2.91. The van der Waals surface area contributed by atoms with E-state index in [4.69, 9.17) is 0 Å². The van der Waals surface area contributed by atoms with Crippen molar-refractivity contribution in [3.05, 3.63) is 36.4 Å². The van der Waals surface area contributed by atoms with E-state index in [-0.39, 0.29) is 0 Å². The third-order valence-electron chi connectivity index (χ3n) is 6.39. The Labute approximate surface area is 153 Å². The summed E-state index contributed by atoms with van der Waals surface area (Å²) in [6.07, 6.45) is 0. The number of anilines is 1. The van der Waals surface area contributed by atoms with Crippen LogP contribution in [0.3, 0.4) is 0 Å². The zero-order valence-electron chi connectivity index (χ0n) is 18.0. The quantitative estimate of drug-likeness (QED) is 0.501. The van der Waals surface area contributed by atoms with Gasteiger partial charge in [-0.25, -0.2) is 0 Å². The molecule has 1 rings (SSSR count). The van der Waals surface area contributed by atoms with Gasteiger partial charge >= 0.3 is 0 Å². The maximum absolute atomic E-state index is 4.15. The van der Waals surface area contributed by atoms with E-state index in [9.17, 15) is 0 Å². The van der Waals surface area contributed by atoms with Crippen molar-refractivity contribution in [3.63, 3.8) is 0 Å². The Hall–Kier alpha value is -0.806. The zero-order chi connectivity index (χ0) is 19.1. The molecule has 0 fully saturated rings. The lowest BCUT2D eigenvalue weighted by Crippen LogP contribution is -2.69. The van der Waals surface area contributed by atoms with Crippen molar-refractivity contribution < 1.29 is 0 Å². The molecule has 1 aromatic rings. The predicted molar refractivity (Wildman–Crippen MR) is 118 cm³/mol. The molecular weight excluding hydrogens is 322 g/mol. The molecule has 0 bridgehead atoms. The monoisotopic (exact) mass is 361 g/mol. The van der Waals surface area contributed by atoms with E-state index in [1.54, 1.807) is 0 Å². The Morgan fingerprint density at radius 3 is 1.62 bits per heavy atom. The fourth-order valence-corrected chi connectivity index (χ4v) is 13.4. The van der Waals surface area contributed by atoms with Crippen LogP contribution in [0.5, 0.6) is 0 Å². The number of benzene rings is 1. The van der Waals surface area contributed by atoms with Gasteiger partial charge in [0.1, 0.15) is 16.5 Å². The van der Waals surface area contributed by atoms with Crippen molar-refractivity contribution in [2.75, 3.05) is 4.23 Å². The number of hydrogen-bond acceptors (Lipinski definition) is 1. The number of allylic oxidation sites excluding steroid dienone is 1. The van der Waals surface area contributed by atoms with Crippen LogP contribution in [0.1, 0.15) is 54.0 Å². The topological polar surface area (TPSA) is 3.24 Å². The van der Waals surface area contributed by atoms with E-state index in [0.29, 0.717) is 10.1 Å². The smallest absolute Gasteiger partial charge is 0.147 e. The SMILES string of the molecule is C=C(C)c1cccc(N([Si](C)(C)C(C)(C)C)[Si](C)(C)C(C)(C)C)c1. The molecule has 0 saturated heterocycles. The van der Waals surface area contributed by atoms with E-state index in [1.807, 2.05) is 0 Å². The molecule has 0 aromatic heterocycles. The van der Waals surface area contributed by atoms with Crippen molar-refractivity contribution in [2.24, 2.45) is 0 Å². The normalized spacial score (nSPS) is 13.8. The molecule has 24 heavy (non-hydrogen) atoms. The minimum absolute atomic E-state index is 0.307. The molecule has 0 amide bonds. The third kappa shape index (κ3) is 3.88. The van der Waals surface area contributed by atoms with E-state index in [0.717, 1.165) is 5.57 Å². The van der Waals surface area contributed by atoms with Crippen LogP contribution in [-0.4, -0.2) is 16.5 Å².